The molecule has 1 atom stereocenters. The molecule has 0 bridgehead atoms. The monoisotopic (exact) mass is 281 g/mol. The molecule has 1 heterocycles. The van der Waals surface area contributed by atoms with Crippen molar-refractivity contribution in [2.45, 2.75) is 35.7 Å². The quantitative estimate of drug-likeness (QED) is 0.895. The zero-order valence-corrected chi connectivity index (χ0v) is 12.1. The maximum absolute atomic E-state index is 10.9. The van der Waals surface area contributed by atoms with Crippen LogP contribution in [0.2, 0.25) is 0 Å². The number of hydrogen-bond donors (Lipinski definition) is 1. The van der Waals surface area contributed by atoms with E-state index in [-0.39, 0.29) is 4.75 Å². The fraction of sp³-hybridized carbons (Fsp3) is 0.385. The van der Waals surface area contributed by atoms with Crippen LogP contribution in [0, 0.1) is 0 Å². The van der Waals surface area contributed by atoms with Crippen molar-refractivity contribution in [3.8, 4) is 0 Å². The Morgan fingerprint density at radius 3 is 2.78 bits per heavy atom. The lowest BCUT2D eigenvalue weighted by Gasteiger charge is -2.31. The van der Waals surface area contributed by atoms with Crippen LogP contribution in [0.4, 0.5) is 5.69 Å². The van der Waals surface area contributed by atoms with E-state index in [4.69, 9.17) is 5.11 Å². The Labute approximate surface area is 115 Å². The Balaban J connectivity index is 2.33. The van der Waals surface area contributed by atoms with E-state index in [0.29, 0.717) is 0 Å². The van der Waals surface area contributed by atoms with Crippen molar-refractivity contribution in [1.82, 2.24) is 0 Å². The first-order valence-electron chi connectivity index (χ1n) is 5.67. The maximum Gasteiger partial charge on any atom is 0.316 e. The lowest BCUT2D eigenvalue weighted by Crippen LogP contribution is -2.30. The molecule has 1 aliphatic heterocycles. The van der Waals surface area contributed by atoms with Gasteiger partial charge in [-0.3, -0.25) is 4.79 Å². The molecule has 1 N–H and O–H groups in total. The van der Waals surface area contributed by atoms with Crippen LogP contribution < -0.4 is 0 Å². The number of benzene rings is 1. The van der Waals surface area contributed by atoms with Crippen molar-refractivity contribution < 1.29 is 9.90 Å². The molecule has 0 amide bonds. The maximum atomic E-state index is 10.9. The van der Waals surface area contributed by atoms with Gasteiger partial charge in [0.2, 0.25) is 0 Å². The number of carboxylic acid groups (broad SMARTS) is 1. The molecule has 1 unspecified atom stereocenters. The second kappa shape index (κ2) is 4.97. The van der Waals surface area contributed by atoms with Crippen molar-refractivity contribution in [3.63, 3.8) is 0 Å². The molecule has 0 saturated carbocycles. The van der Waals surface area contributed by atoms with E-state index in [1.165, 1.54) is 11.8 Å². The first kappa shape index (κ1) is 13.5. The topological polar surface area (TPSA) is 49.7 Å². The number of fused-ring (bicyclic) bond motifs is 1. The van der Waals surface area contributed by atoms with Gasteiger partial charge in [0.15, 0.2) is 0 Å². The molecule has 3 nitrogen and oxygen atoms in total. The lowest BCUT2D eigenvalue weighted by atomic mass is 10.2. The Hall–Kier alpha value is -0.940. The Morgan fingerprint density at radius 2 is 2.11 bits per heavy atom. The van der Waals surface area contributed by atoms with Crippen molar-refractivity contribution in [2.24, 2.45) is 4.99 Å². The van der Waals surface area contributed by atoms with Gasteiger partial charge in [0.05, 0.1) is 15.5 Å². The highest BCUT2D eigenvalue weighted by Crippen LogP contribution is 2.46. The first-order valence-corrected chi connectivity index (χ1v) is 7.36. The van der Waals surface area contributed by atoms with Gasteiger partial charge in [0.1, 0.15) is 5.25 Å². The number of nitrogens with zero attached hydrogens (tertiary/aromatic N) is 1. The van der Waals surface area contributed by atoms with Gasteiger partial charge < -0.3 is 5.11 Å². The number of hydrogen-bond acceptors (Lipinski definition) is 4. The summed E-state index contributed by atoms with van der Waals surface area (Å²) >= 11 is 3.06. The second-order valence-electron chi connectivity index (χ2n) is 4.60. The van der Waals surface area contributed by atoms with Gasteiger partial charge in [0.25, 0.3) is 0 Å². The third kappa shape index (κ3) is 2.72. The summed E-state index contributed by atoms with van der Waals surface area (Å²) < 4.78 is -0.178. The lowest BCUT2D eigenvalue weighted by molar-refractivity contribution is -0.136. The van der Waals surface area contributed by atoms with E-state index < -0.39 is 11.2 Å². The van der Waals surface area contributed by atoms with Gasteiger partial charge in [-0.15, -0.1) is 11.8 Å². The number of aliphatic imine (C=N–C) groups is 1. The molecule has 1 aromatic rings. The number of carbonyl (C=O) groups is 1. The summed E-state index contributed by atoms with van der Waals surface area (Å²) in [4.78, 5) is 16.7. The molecule has 0 fully saturated rings. The highest BCUT2D eigenvalue weighted by molar-refractivity contribution is 8.17. The SMILES string of the molecule is CC(SC1=Nc2ccccc2SC1(C)C)C(=O)O. The predicted molar refractivity (Wildman–Crippen MR) is 78.2 cm³/mol. The molecular formula is C13H15NO2S2. The average Bonchev–Trinajstić information content (AvgIpc) is 2.29. The molecule has 18 heavy (non-hydrogen) atoms. The van der Waals surface area contributed by atoms with E-state index >= 15 is 0 Å². The van der Waals surface area contributed by atoms with Crippen LogP contribution in [0.3, 0.4) is 0 Å². The minimum Gasteiger partial charge on any atom is -0.480 e. The third-order valence-corrected chi connectivity index (χ3v) is 5.38. The van der Waals surface area contributed by atoms with Crippen LogP contribution in [0.15, 0.2) is 34.2 Å². The van der Waals surface area contributed by atoms with Gasteiger partial charge in [-0.05, 0) is 32.9 Å². The van der Waals surface area contributed by atoms with E-state index in [0.717, 1.165) is 15.6 Å². The molecule has 0 saturated heterocycles. The fourth-order valence-electron chi connectivity index (χ4n) is 1.58. The van der Waals surface area contributed by atoms with Crippen molar-refractivity contribution in [2.75, 3.05) is 0 Å². The summed E-state index contributed by atoms with van der Waals surface area (Å²) in [7, 11) is 0. The molecule has 0 radical (unpaired) electrons. The number of para-hydroxylation sites is 1. The van der Waals surface area contributed by atoms with Crippen molar-refractivity contribution in [1.29, 1.82) is 0 Å². The summed E-state index contributed by atoms with van der Waals surface area (Å²) in [5, 5.41) is 9.39. The molecule has 0 spiro atoms. The molecule has 1 aromatic carbocycles. The Morgan fingerprint density at radius 1 is 1.44 bits per heavy atom. The fourth-order valence-corrected chi connectivity index (χ4v) is 3.77. The van der Waals surface area contributed by atoms with E-state index in [2.05, 4.69) is 18.8 Å². The molecular weight excluding hydrogens is 266 g/mol. The summed E-state index contributed by atoms with van der Waals surface area (Å²) in [6.07, 6.45) is 0. The number of thioether (sulfide) groups is 2. The number of carboxylic acids is 1. The average molecular weight is 281 g/mol. The smallest absolute Gasteiger partial charge is 0.316 e. The summed E-state index contributed by atoms with van der Waals surface area (Å²) in [6.45, 7) is 5.85. The minimum absolute atomic E-state index is 0.178. The first-order chi connectivity index (χ1) is 8.40. The molecule has 1 aliphatic rings. The number of rotatable bonds is 2. The normalized spacial score (nSPS) is 18.7. The van der Waals surface area contributed by atoms with Gasteiger partial charge in [-0.2, -0.15) is 0 Å². The van der Waals surface area contributed by atoms with Crippen molar-refractivity contribution >= 4 is 40.2 Å². The van der Waals surface area contributed by atoms with Crippen LogP contribution in [-0.2, 0) is 4.79 Å². The van der Waals surface area contributed by atoms with Crippen molar-refractivity contribution in [3.05, 3.63) is 24.3 Å². The highest BCUT2D eigenvalue weighted by atomic mass is 32.2. The van der Waals surface area contributed by atoms with Crippen LogP contribution >= 0.6 is 23.5 Å². The minimum atomic E-state index is -0.803. The summed E-state index contributed by atoms with van der Waals surface area (Å²) in [5.74, 6) is -0.803. The van der Waals surface area contributed by atoms with E-state index in [1.54, 1.807) is 18.7 Å². The van der Waals surface area contributed by atoms with E-state index in [9.17, 15) is 4.79 Å². The van der Waals surface area contributed by atoms with Gasteiger partial charge in [0, 0.05) is 4.90 Å². The molecule has 0 aliphatic carbocycles. The second-order valence-corrected chi connectivity index (χ2v) is 7.59. The van der Waals surface area contributed by atoms with Gasteiger partial charge in [-0.1, -0.05) is 23.9 Å². The van der Waals surface area contributed by atoms with Crippen LogP contribution in [0.5, 0.6) is 0 Å². The zero-order valence-electron chi connectivity index (χ0n) is 10.5. The molecule has 0 aromatic heterocycles. The summed E-state index contributed by atoms with van der Waals surface area (Å²) in [5.41, 5.74) is 0.932. The number of aliphatic carboxylic acids is 1. The Bertz CT molecular complexity index is 511. The van der Waals surface area contributed by atoms with Crippen LogP contribution in [-0.4, -0.2) is 26.1 Å². The third-order valence-electron chi connectivity index (χ3n) is 2.60. The van der Waals surface area contributed by atoms with Gasteiger partial charge in [-0.25, -0.2) is 4.99 Å². The van der Waals surface area contributed by atoms with E-state index in [1.807, 2.05) is 24.3 Å². The highest BCUT2D eigenvalue weighted by Gasteiger charge is 2.33. The van der Waals surface area contributed by atoms with Gasteiger partial charge >= 0.3 is 5.97 Å². The zero-order chi connectivity index (χ0) is 13.3. The van der Waals surface area contributed by atoms with Crippen LogP contribution in [0.1, 0.15) is 20.8 Å². The standard InChI is InChI=1S/C13H15NO2S2/c1-8(11(15)16)17-12-13(2,3)18-10-7-5-4-6-9(10)14-12/h4-8H,1-3H3,(H,15,16). The largest absolute Gasteiger partial charge is 0.480 e. The molecule has 96 valence electrons. The Kier molecular flexibility index (Phi) is 3.73. The predicted octanol–water partition coefficient (Wildman–Crippen LogP) is 3.81. The molecule has 5 heteroatoms. The van der Waals surface area contributed by atoms with Crippen LogP contribution in [0.25, 0.3) is 0 Å². The molecule has 2 rings (SSSR count). The summed E-state index contributed by atoms with van der Waals surface area (Å²) in [6, 6.07) is 7.95.